The molecule has 4 heterocycles. The third-order valence-electron chi connectivity index (χ3n) is 9.76. The number of quaternary nitrogens is 1. The highest BCUT2D eigenvalue weighted by Crippen LogP contribution is 2.50. The Balaban J connectivity index is 1.41. The molecule has 3 aliphatic rings. The van der Waals surface area contributed by atoms with Crippen LogP contribution in [0.1, 0.15) is 30.1 Å². The maximum atomic E-state index is 6.80. The molecule has 1 aromatic heterocycles. The fourth-order valence-electron chi connectivity index (χ4n) is 7.90. The molecule has 0 spiro atoms. The minimum atomic E-state index is -0.0410. The molecule has 5 atom stereocenters. The highest BCUT2D eigenvalue weighted by Gasteiger charge is 2.54. The van der Waals surface area contributed by atoms with Crippen LogP contribution in [0, 0.1) is 11.8 Å². The van der Waals surface area contributed by atoms with Gasteiger partial charge in [-0.25, -0.2) is 0 Å². The third kappa shape index (κ3) is 4.16. The van der Waals surface area contributed by atoms with E-state index in [1.807, 2.05) is 12.3 Å². The average Bonchev–Trinajstić information content (AvgIpc) is 3.01. The summed E-state index contributed by atoms with van der Waals surface area (Å²) in [5.74, 6) is 1.18. The molecule has 3 fully saturated rings. The van der Waals surface area contributed by atoms with E-state index >= 15 is 0 Å². The van der Waals surface area contributed by atoms with E-state index in [-0.39, 0.29) is 6.10 Å². The van der Waals surface area contributed by atoms with Crippen molar-refractivity contribution in [3.05, 3.63) is 128 Å². The summed E-state index contributed by atoms with van der Waals surface area (Å²) < 4.78 is 7.81. The lowest BCUT2D eigenvalue weighted by molar-refractivity contribution is -0.984. The Hall–Kier alpha value is -3.79. The molecule has 3 aliphatic heterocycles. The van der Waals surface area contributed by atoms with Crippen LogP contribution >= 0.6 is 0 Å². The molecule has 40 heavy (non-hydrogen) atoms. The monoisotopic (exact) mass is 525 g/mol. The Labute approximate surface area is 237 Å². The van der Waals surface area contributed by atoms with Crippen molar-refractivity contribution < 1.29 is 9.22 Å². The van der Waals surface area contributed by atoms with Crippen molar-refractivity contribution in [1.82, 2.24) is 4.98 Å². The standard InChI is InChI=1S/C37H37N2O/c1-3-21-40-37(33-17-19-38-35-16-10-9-15-32(33)35)36-23-27-18-20-39(36,24-26(27)4-2)25-34-30-13-7-5-11-28(30)22-29-12-6-8-14-31(29)34/h3-17,19,22,26-27,36-37H,1-2,18,20-21,23-25H2/q+1/t26-,27-,36-,37-,39?/m0/s1. The van der Waals surface area contributed by atoms with Crippen LogP contribution in [0.5, 0.6) is 0 Å². The van der Waals surface area contributed by atoms with Crippen molar-refractivity contribution in [1.29, 1.82) is 0 Å². The molecule has 1 unspecified atom stereocenters. The highest BCUT2D eigenvalue weighted by atomic mass is 16.5. The Morgan fingerprint density at radius 1 is 0.900 bits per heavy atom. The number of aromatic nitrogens is 1. The molecular formula is C37H37N2O+. The average molecular weight is 526 g/mol. The molecule has 0 aliphatic carbocycles. The zero-order valence-electron chi connectivity index (χ0n) is 23.1. The van der Waals surface area contributed by atoms with Gasteiger partial charge in [0.15, 0.2) is 0 Å². The minimum Gasteiger partial charge on any atom is -0.363 e. The number of piperidine rings is 3. The van der Waals surface area contributed by atoms with Crippen molar-refractivity contribution in [2.75, 3.05) is 19.7 Å². The van der Waals surface area contributed by atoms with E-state index in [4.69, 9.17) is 4.74 Å². The molecule has 4 aromatic carbocycles. The largest absolute Gasteiger partial charge is 0.363 e. The predicted octanol–water partition coefficient (Wildman–Crippen LogP) is 8.40. The Morgan fingerprint density at radius 2 is 1.60 bits per heavy atom. The van der Waals surface area contributed by atoms with Gasteiger partial charge in [-0.2, -0.15) is 0 Å². The molecule has 2 bridgehead atoms. The van der Waals surface area contributed by atoms with Gasteiger partial charge in [0.05, 0.1) is 25.2 Å². The summed E-state index contributed by atoms with van der Waals surface area (Å²) in [4.78, 5) is 4.68. The van der Waals surface area contributed by atoms with Gasteiger partial charge in [0.25, 0.3) is 0 Å². The van der Waals surface area contributed by atoms with E-state index < -0.39 is 0 Å². The summed E-state index contributed by atoms with van der Waals surface area (Å²) in [6.07, 6.45) is 8.41. The molecule has 5 aromatic rings. The highest BCUT2D eigenvalue weighted by molar-refractivity contribution is 6.02. The summed E-state index contributed by atoms with van der Waals surface area (Å²) in [5, 5.41) is 6.56. The van der Waals surface area contributed by atoms with Crippen molar-refractivity contribution in [2.45, 2.75) is 31.5 Å². The summed E-state index contributed by atoms with van der Waals surface area (Å²) in [6, 6.07) is 31.2. The molecule has 3 saturated heterocycles. The molecule has 8 rings (SSSR count). The van der Waals surface area contributed by atoms with Crippen LogP contribution in [0.15, 0.2) is 116 Å². The number of benzene rings is 4. The summed E-state index contributed by atoms with van der Waals surface area (Å²) in [5.41, 5.74) is 3.74. The zero-order chi connectivity index (χ0) is 27.1. The lowest BCUT2D eigenvalue weighted by Crippen LogP contribution is -2.67. The van der Waals surface area contributed by atoms with Gasteiger partial charge < -0.3 is 9.22 Å². The topological polar surface area (TPSA) is 22.1 Å². The first-order valence-corrected chi connectivity index (χ1v) is 14.6. The van der Waals surface area contributed by atoms with E-state index in [9.17, 15) is 0 Å². The van der Waals surface area contributed by atoms with Gasteiger partial charge in [0, 0.05) is 35.9 Å². The SMILES string of the molecule is C=CCO[C@@H](c1ccnc2ccccc12)[C@@H]1C[C@@H]2CC[N+]1(Cc1c3ccccc3cc3ccccc13)C[C@@H]2C=C. The van der Waals surface area contributed by atoms with Crippen molar-refractivity contribution >= 4 is 32.4 Å². The molecule has 0 amide bonds. The maximum absolute atomic E-state index is 6.80. The lowest BCUT2D eigenvalue weighted by atomic mass is 9.70. The number of pyridine rings is 1. The van der Waals surface area contributed by atoms with Crippen LogP contribution in [-0.2, 0) is 11.3 Å². The number of ether oxygens (including phenoxy) is 1. The Kier molecular flexibility index (Phi) is 6.50. The van der Waals surface area contributed by atoms with Gasteiger partial charge in [-0.1, -0.05) is 78.9 Å². The first-order chi connectivity index (χ1) is 19.7. The van der Waals surface area contributed by atoms with Crippen LogP contribution in [0.2, 0.25) is 0 Å². The molecule has 0 saturated carbocycles. The molecule has 0 radical (unpaired) electrons. The third-order valence-corrected chi connectivity index (χ3v) is 9.76. The fraction of sp³-hybridized carbons (Fsp3) is 0.270. The van der Waals surface area contributed by atoms with Crippen LogP contribution in [0.25, 0.3) is 32.4 Å². The Bertz CT molecular complexity index is 1670. The normalized spacial score (nSPS) is 24.9. The van der Waals surface area contributed by atoms with E-state index in [1.165, 1.54) is 44.5 Å². The second-order valence-electron chi connectivity index (χ2n) is 11.8. The summed E-state index contributed by atoms with van der Waals surface area (Å²) >= 11 is 0. The number of para-hydroxylation sites is 1. The molecule has 3 nitrogen and oxygen atoms in total. The van der Waals surface area contributed by atoms with Crippen molar-refractivity contribution in [3.8, 4) is 0 Å². The first kappa shape index (κ1) is 25.2. The second kappa shape index (κ2) is 10.3. The summed E-state index contributed by atoms with van der Waals surface area (Å²) in [7, 11) is 0. The number of fused-ring (bicyclic) bond motifs is 6. The number of hydrogen-bond acceptors (Lipinski definition) is 2. The van der Waals surface area contributed by atoms with Gasteiger partial charge in [-0.3, -0.25) is 4.98 Å². The quantitative estimate of drug-likeness (QED) is 0.115. The van der Waals surface area contributed by atoms with Crippen molar-refractivity contribution in [2.24, 2.45) is 11.8 Å². The molecule has 200 valence electrons. The number of hydrogen-bond donors (Lipinski definition) is 0. The van der Waals surface area contributed by atoms with Gasteiger partial charge in [0.2, 0.25) is 0 Å². The van der Waals surface area contributed by atoms with E-state index in [0.717, 1.165) is 36.1 Å². The van der Waals surface area contributed by atoms with Gasteiger partial charge >= 0.3 is 0 Å². The van der Waals surface area contributed by atoms with Crippen LogP contribution < -0.4 is 0 Å². The van der Waals surface area contributed by atoms with Gasteiger partial charge in [0.1, 0.15) is 18.7 Å². The fourth-order valence-corrected chi connectivity index (χ4v) is 7.90. The van der Waals surface area contributed by atoms with Gasteiger partial charge in [-0.15, -0.1) is 13.2 Å². The van der Waals surface area contributed by atoms with Crippen LogP contribution in [-0.4, -0.2) is 35.2 Å². The Morgan fingerprint density at radius 3 is 2.33 bits per heavy atom. The van der Waals surface area contributed by atoms with E-state index in [2.05, 4.69) is 109 Å². The molecule has 3 heteroatoms. The smallest absolute Gasteiger partial charge is 0.135 e. The van der Waals surface area contributed by atoms with Crippen LogP contribution in [0.3, 0.4) is 0 Å². The number of rotatable bonds is 8. The minimum absolute atomic E-state index is 0.0410. The molecule has 0 N–H and O–H groups in total. The van der Waals surface area contributed by atoms with E-state index in [0.29, 0.717) is 24.5 Å². The predicted molar refractivity (Wildman–Crippen MR) is 166 cm³/mol. The second-order valence-corrected chi connectivity index (χ2v) is 11.8. The van der Waals surface area contributed by atoms with E-state index in [1.54, 1.807) is 0 Å². The van der Waals surface area contributed by atoms with Gasteiger partial charge in [-0.05, 0) is 51.2 Å². The summed E-state index contributed by atoms with van der Waals surface area (Å²) in [6.45, 7) is 12.1. The first-order valence-electron chi connectivity index (χ1n) is 14.6. The van der Waals surface area contributed by atoms with Crippen LogP contribution in [0.4, 0.5) is 0 Å². The number of nitrogens with zero attached hydrogens (tertiary/aromatic N) is 2. The zero-order valence-corrected chi connectivity index (χ0v) is 23.1. The van der Waals surface area contributed by atoms with Crippen molar-refractivity contribution in [3.63, 3.8) is 0 Å². The molecular weight excluding hydrogens is 488 g/mol. The maximum Gasteiger partial charge on any atom is 0.135 e. The lowest BCUT2D eigenvalue weighted by Gasteiger charge is -2.58.